The van der Waals surface area contributed by atoms with Crippen molar-refractivity contribution < 1.29 is 17.6 Å². The molecule has 2 heterocycles. The van der Waals surface area contributed by atoms with Crippen molar-refractivity contribution in [3.8, 4) is 0 Å². The first-order valence-electron chi connectivity index (χ1n) is 6.51. The fourth-order valence-electron chi connectivity index (χ4n) is 1.64. The van der Waals surface area contributed by atoms with Crippen molar-refractivity contribution in [1.82, 2.24) is 10.3 Å². The van der Waals surface area contributed by atoms with E-state index in [4.69, 9.17) is 4.42 Å². The van der Waals surface area contributed by atoms with Gasteiger partial charge < -0.3 is 15.1 Å². The van der Waals surface area contributed by atoms with Gasteiger partial charge in [-0.25, -0.2) is 4.98 Å². The average molecular weight is 324 g/mol. The molecule has 22 heavy (non-hydrogen) atoms. The lowest BCUT2D eigenvalue weighted by Gasteiger charge is -2.09. The number of furan rings is 1. The summed E-state index contributed by atoms with van der Waals surface area (Å²) in [7, 11) is -4.20. The number of anilines is 3. The number of aromatic nitrogens is 1. The highest BCUT2D eigenvalue weighted by Gasteiger charge is 2.25. The van der Waals surface area contributed by atoms with Crippen molar-refractivity contribution >= 4 is 32.7 Å². The molecule has 0 spiro atoms. The Hall–Kier alpha value is -2.55. The third kappa shape index (κ3) is 3.55. The Labute approximate surface area is 128 Å². The Morgan fingerprint density at radius 1 is 1.36 bits per heavy atom. The predicted molar refractivity (Wildman–Crippen MR) is 82.6 cm³/mol. The molecule has 2 rings (SSSR count). The third-order valence-electron chi connectivity index (χ3n) is 2.68. The number of aryl methyl sites for hydroxylation is 1. The van der Waals surface area contributed by atoms with Crippen molar-refractivity contribution in [3.05, 3.63) is 36.2 Å². The van der Waals surface area contributed by atoms with Gasteiger partial charge in [0.1, 0.15) is 11.5 Å². The molecule has 0 radical (unpaired) electrons. The van der Waals surface area contributed by atoms with Gasteiger partial charge in [-0.05, 0) is 26.0 Å². The topological polar surface area (TPSA) is 113 Å². The average Bonchev–Trinajstić information content (AvgIpc) is 2.81. The lowest BCUT2D eigenvalue weighted by Crippen LogP contribution is -2.33. The molecular formula is C13H16N4O4S. The van der Waals surface area contributed by atoms with E-state index in [1.54, 1.807) is 38.2 Å². The molecule has 0 unspecified atom stereocenters. The van der Waals surface area contributed by atoms with Crippen molar-refractivity contribution in [3.63, 3.8) is 0 Å². The first-order chi connectivity index (χ1) is 10.4. The van der Waals surface area contributed by atoms with Crippen molar-refractivity contribution in [2.45, 2.75) is 13.8 Å². The lowest BCUT2D eigenvalue weighted by atomic mass is 10.3. The quantitative estimate of drug-likeness (QED) is 0.777. The number of hydrogen-bond donors (Lipinski definition) is 3. The molecular weight excluding hydrogens is 308 g/mol. The predicted octanol–water partition coefficient (Wildman–Crippen LogP) is 2.20. The lowest BCUT2D eigenvalue weighted by molar-refractivity contribution is 0.259. The summed E-state index contributed by atoms with van der Waals surface area (Å²) in [6.07, 6.45) is 2.96. The van der Waals surface area contributed by atoms with Gasteiger partial charge in [-0.1, -0.05) is 6.07 Å². The summed E-state index contributed by atoms with van der Waals surface area (Å²) < 4.78 is 31.4. The second-order valence-corrected chi connectivity index (χ2v) is 5.97. The Morgan fingerprint density at radius 3 is 2.77 bits per heavy atom. The maximum Gasteiger partial charge on any atom is 0.356 e. The van der Waals surface area contributed by atoms with E-state index in [-0.39, 0.29) is 18.1 Å². The van der Waals surface area contributed by atoms with Gasteiger partial charge in [0.25, 0.3) is 0 Å². The number of amides is 1. The minimum Gasteiger partial charge on any atom is -0.446 e. The van der Waals surface area contributed by atoms with Gasteiger partial charge in [0.05, 0.1) is 6.26 Å². The van der Waals surface area contributed by atoms with Gasteiger partial charge in [-0.3, -0.25) is 9.52 Å². The summed E-state index contributed by atoms with van der Waals surface area (Å²) >= 11 is 0. The Bertz CT molecular complexity index is 756. The number of rotatable bonds is 5. The van der Waals surface area contributed by atoms with Crippen LogP contribution in [-0.2, 0) is 10.0 Å². The van der Waals surface area contributed by atoms with Crippen LogP contribution >= 0.6 is 0 Å². The number of sulfonamides is 1. The largest absolute Gasteiger partial charge is 0.446 e. The Balaban J connectivity index is 2.25. The van der Waals surface area contributed by atoms with Gasteiger partial charge in [0.15, 0.2) is 0 Å². The van der Waals surface area contributed by atoms with E-state index in [2.05, 4.69) is 20.3 Å². The second-order valence-electron chi connectivity index (χ2n) is 4.39. The molecule has 0 atom stereocenters. The molecule has 0 saturated heterocycles. The first kappa shape index (κ1) is 15.8. The van der Waals surface area contributed by atoms with Gasteiger partial charge >= 0.3 is 15.3 Å². The van der Waals surface area contributed by atoms with Crippen molar-refractivity contribution in [2.24, 2.45) is 0 Å². The van der Waals surface area contributed by atoms with Crippen LogP contribution in [-0.4, -0.2) is 25.2 Å². The molecule has 1 amide bonds. The van der Waals surface area contributed by atoms with Gasteiger partial charge in [-0.2, -0.15) is 8.42 Å². The summed E-state index contributed by atoms with van der Waals surface area (Å²) in [6.45, 7) is 3.50. The maximum absolute atomic E-state index is 11.9. The van der Waals surface area contributed by atoms with Crippen molar-refractivity contribution in [2.75, 3.05) is 16.6 Å². The standard InChI is InChI=1S/C13H16N4O4S/c1-3-14-13(18)22(19,20)17-11-9(2)8-21-12(11)16-10-6-4-5-7-15-10/h4-8,17H,3H2,1-2H3,(H,14,18)(H,15,16). The molecule has 0 aliphatic heterocycles. The number of carbonyl (C=O) groups is 1. The van der Waals surface area contributed by atoms with Crippen LogP contribution in [0.5, 0.6) is 0 Å². The summed E-state index contributed by atoms with van der Waals surface area (Å²) in [5, 5.41) is 3.99. The van der Waals surface area contributed by atoms with E-state index in [0.29, 0.717) is 11.4 Å². The van der Waals surface area contributed by atoms with Crippen LogP contribution in [0.15, 0.2) is 35.1 Å². The maximum atomic E-state index is 11.9. The highest BCUT2D eigenvalue weighted by Crippen LogP contribution is 2.31. The Morgan fingerprint density at radius 2 is 2.14 bits per heavy atom. The SMILES string of the molecule is CCNC(=O)S(=O)(=O)Nc1c(C)coc1Nc1ccccn1. The minimum absolute atomic E-state index is 0.157. The van der Waals surface area contributed by atoms with Crippen LogP contribution in [0.25, 0.3) is 0 Å². The van der Waals surface area contributed by atoms with Crippen LogP contribution in [0.4, 0.5) is 22.2 Å². The van der Waals surface area contributed by atoms with Gasteiger partial charge in [-0.15, -0.1) is 0 Å². The zero-order valence-corrected chi connectivity index (χ0v) is 12.9. The number of pyridine rings is 1. The van der Waals surface area contributed by atoms with Crippen LogP contribution in [0, 0.1) is 6.92 Å². The summed E-state index contributed by atoms with van der Waals surface area (Å²) in [6, 6.07) is 5.21. The molecule has 0 fully saturated rings. The van der Waals surface area contributed by atoms with Crippen molar-refractivity contribution in [1.29, 1.82) is 0 Å². The summed E-state index contributed by atoms with van der Waals surface area (Å²) in [5.41, 5.74) is 0.697. The van der Waals surface area contributed by atoms with E-state index in [0.717, 1.165) is 0 Å². The van der Waals surface area contributed by atoms with E-state index >= 15 is 0 Å². The zero-order chi connectivity index (χ0) is 16.2. The van der Waals surface area contributed by atoms with Gasteiger partial charge in [0, 0.05) is 18.3 Å². The summed E-state index contributed by atoms with van der Waals surface area (Å²) in [4.78, 5) is 15.6. The molecule has 0 aliphatic rings. The van der Waals surface area contributed by atoms with E-state index in [1.165, 1.54) is 6.26 Å². The molecule has 0 saturated carbocycles. The van der Waals surface area contributed by atoms with E-state index in [1.807, 2.05) is 0 Å². The van der Waals surface area contributed by atoms with Crippen LogP contribution in [0.1, 0.15) is 12.5 Å². The first-order valence-corrected chi connectivity index (χ1v) is 7.99. The zero-order valence-electron chi connectivity index (χ0n) is 12.1. The molecule has 2 aromatic heterocycles. The fraction of sp³-hybridized carbons (Fsp3) is 0.231. The molecule has 0 aliphatic carbocycles. The number of nitrogens with zero attached hydrogens (tertiary/aromatic N) is 1. The molecule has 0 aromatic carbocycles. The second kappa shape index (κ2) is 6.48. The summed E-state index contributed by atoms with van der Waals surface area (Å²) in [5.74, 6) is 0.638. The van der Waals surface area contributed by atoms with Crippen LogP contribution < -0.4 is 15.4 Å². The normalized spacial score (nSPS) is 11.0. The minimum atomic E-state index is -4.20. The molecule has 118 valence electrons. The fourth-order valence-corrected chi connectivity index (χ4v) is 2.59. The molecule has 2 aromatic rings. The molecule has 8 nitrogen and oxygen atoms in total. The van der Waals surface area contributed by atoms with Crippen LogP contribution in [0.3, 0.4) is 0 Å². The monoisotopic (exact) mass is 324 g/mol. The Kier molecular flexibility index (Phi) is 4.66. The molecule has 0 bridgehead atoms. The molecule has 3 N–H and O–H groups in total. The number of carbonyl (C=O) groups excluding carboxylic acids is 1. The number of hydrogen-bond acceptors (Lipinski definition) is 6. The third-order valence-corrected chi connectivity index (χ3v) is 3.79. The molecule has 9 heteroatoms. The van der Waals surface area contributed by atoms with E-state index in [9.17, 15) is 13.2 Å². The number of nitrogens with one attached hydrogen (secondary N) is 3. The highest BCUT2D eigenvalue weighted by molar-refractivity contribution is 8.07. The smallest absolute Gasteiger partial charge is 0.356 e. The van der Waals surface area contributed by atoms with Gasteiger partial charge in [0.2, 0.25) is 5.88 Å². The van der Waals surface area contributed by atoms with Crippen LogP contribution in [0.2, 0.25) is 0 Å². The van der Waals surface area contributed by atoms with E-state index < -0.39 is 15.3 Å². The highest BCUT2D eigenvalue weighted by atomic mass is 32.2.